The number of benzene rings is 1. The van der Waals surface area contributed by atoms with Gasteiger partial charge in [-0.25, -0.2) is 4.79 Å². The molecule has 0 saturated carbocycles. The fourth-order valence-corrected chi connectivity index (χ4v) is 5.43. The van der Waals surface area contributed by atoms with Crippen molar-refractivity contribution in [3.63, 3.8) is 0 Å². The zero-order valence-corrected chi connectivity index (χ0v) is 22.6. The molecule has 1 aromatic carbocycles. The molecule has 0 aliphatic carbocycles. The molecule has 0 fully saturated rings. The molecule has 0 saturated heterocycles. The van der Waals surface area contributed by atoms with Crippen molar-refractivity contribution in [3.8, 4) is 5.75 Å². The van der Waals surface area contributed by atoms with Gasteiger partial charge in [0.05, 0.1) is 17.9 Å². The molecule has 0 aliphatic rings. The first-order valence-corrected chi connectivity index (χ1v) is 13.5. The molecule has 0 bridgehead atoms. The summed E-state index contributed by atoms with van der Waals surface area (Å²) in [5, 5.41) is 12.6. The summed E-state index contributed by atoms with van der Waals surface area (Å²) in [6, 6.07) is 7.87. The van der Waals surface area contributed by atoms with E-state index in [0.29, 0.717) is 28.1 Å². The summed E-state index contributed by atoms with van der Waals surface area (Å²) >= 11 is 2.69. The average Bonchev–Trinajstić information content (AvgIpc) is 3.40. The van der Waals surface area contributed by atoms with Crippen LogP contribution in [0.25, 0.3) is 0 Å². The first-order valence-electron chi connectivity index (χ1n) is 11.7. The van der Waals surface area contributed by atoms with Gasteiger partial charge in [0.1, 0.15) is 10.8 Å². The third-order valence-corrected chi connectivity index (χ3v) is 7.31. The van der Waals surface area contributed by atoms with Crippen molar-refractivity contribution < 1.29 is 19.1 Å². The number of ether oxygens (including phenoxy) is 2. The number of carbonyl (C=O) groups excluding carboxylic acids is 2. The number of rotatable bonds is 11. The number of amides is 1. The molecular weight excluding hydrogens is 484 g/mol. The Kier molecular flexibility index (Phi) is 9.33. The van der Waals surface area contributed by atoms with Gasteiger partial charge < -0.3 is 19.4 Å². The fraction of sp³-hybridized carbons (Fsp3) is 0.440. The van der Waals surface area contributed by atoms with Crippen LogP contribution in [0.1, 0.15) is 66.0 Å². The summed E-state index contributed by atoms with van der Waals surface area (Å²) in [7, 11) is 0. The van der Waals surface area contributed by atoms with Crippen molar-refractivity contribution in [1.29, 1.82) is 0 Å². The minimum absolute atomic E-state index is 0.131. The second-order valence-corrected chi connectivity index (χ2v) is 10.1. The molecule has 1 N–H and O–H groups in total. The number of thiophene rings is 1. The standard InChI is InChI=1S/C25H32N4O4S2/c1-7-19-13-20(24(31)32-9-3)23(35-19)26-21(30)14-34-25-28-27-22(29(25)8-2)17(6)33-18-11-15(4)10-16(5)12-18/h10-13,17H,7-9,14H2,1-6H3,(H,26,30). The number of anilines is 1. The van der Waals surface area contributed by atoms with Gasteiger partial charge in [-0.2, -0.15) is 0 Å². The second kappa shape index (κ2) is 12.2. The Bertz CT molecular complexity index is 1170. The van der Waals surface area contributed by atoms with Crippen LogP contribution < -0.4 is 10.1 Å². The molecule has 1 atom stereocenters. The van der Waals surface area contributed by atoms with E-state index in [1.807, 2.05) is 51.3 Å². The zero-order valence-electron chi connectivity index (χ0n) is 21.0. The predicted molar refractivity (Wildman–Crippen MR) is 140 cm³/mol. The van der Waals surface area contributed by atoms with E-state index in [1.165, 1.54) is 23.1 Å². The van der Waals surface area contributed by atoms with Gasteiger partial charge in [0.2, 0.25) is 5.91 Å². The Balaban J connectivity index is 1.67. The largest absolute Gasteiger partial charge is 0.483 e. The van der Waals surface area contributed by atoms with E-state index < -0.39 is 5.97 Å². The normalized spacial score (nSPS) is 11.8. The maximum Gasteiger partial charge on any atom is 0.341 e. The van der Waals surface area contributed by atoms with E-state index in [2.05, 4.69) is 21.6 Å². The van der Waals surface area contributed by atoms with Gasteiger partial charge in [-0.3, -0.25) is 4.79 Å². The number of nitrogens with one attached hydrogen (secondary N) is 1. The lowest BCUT2D eigenvalue weighted by atomic mass is 10.1. The molecule has 188 valence electrons. The summed E-state index contributed by atoms with van der Waals surface area (Å²) in [5.41, 5.74) is 2.66. The number of aryl methyl sites for hydroxylation is 3. The van der Waals surface area contributed by atoms with Crippen molar-refractivity contribution in [2.75, 3.05) is 17.7 Å². The van der Waals surface area contributed by atoms with Gasteiger partial charge in [-0.15, -0.1) is 21.5 Å². The van der Waals surface area contributed by atoms with Crippen molar-refractivity contribution in [1.82, 2.24) is 14.8 Å². The summed E-state index contributed by atoms with van der Waals surface area (Å²) in [5.74, 6) is 0.960. The number of carbonyl (C=O) groups is 2. The maximum absolute atomic E-state index is 12.7. The van der Waals surface area contributed by atoms with Gasteiger partial charge in [0.15, 0.2) is 17.1 Å². The Morgan fingerprint density at radius 2 is 1.83 bits per heavy atom. The monoisotopic (exact) mass is 516 g/mol. The molecule has 0 aliphatic heterocycles. The SMILES string of the molecule is CCOC(=O)c1cc(CC)sc1NC(=O)CSc1nnc(C(C)Oc2cc(C)cc(C)c2)n1CC. The van der Waals surface area contributed by atoms with Crippen LogP contribution in [0.15, 0.2) is 29.4 Å². The third-order valence-electron chi connectivity index (χ3n) is 5.15. The van der Waals surface area contributed by atoms with Crippen LogP contribution in [0.3, 0.4) is 0 Å². The molecule has 8 nitrogen and oxygen atoms in total. The van der Waals surface area contributed by atoms with E-state index in [1.54, 1.807) is 13.0 Å². The minimum Gasteiger partial charge on any atom is -0.483 e. The number of aromatic nitrogens is 3. The van der Waals surface area contributed by atoms with Gasteiger partial charge in [0.25, 0.3) is 0 Å². The quantitative estimate of drug-likeness (QED) is 0.262. The molecule has 3 rings (SSSR count). The Morgan fingerprint density at radius 3 is 2.46 bits per heavy atom. The van der Waals surface area contributed by atoms with Crippen molar-refractivity contribution in [2.24, 2.45) is 0 Å². The molecule has 1 unspecified atom stereocenters. The fourth-order valence-electron chi connectivity index (χ4n) is 3.62. The van der Waals surface area contributed by atoms with Gasteiger partial charge in [-0.05, 0) is 70.4 Å². The van der Waals surface area contributed by atoms with Crippen LogP contribution >= 0.6 is 23.1 Å². The summed E-state index contributed by atoms with van der Waals surface area (Å²) in [6.45, 7) is 12.7. The van der Waals surface area contributed by atoms with E-state index in [-0.39, 0.29) is 24.4 Å². The van der Waals surface area contributed by atoms with Gasteiger partial charge in [-0.1, -0.05) is 24.8 Å². The smallest absolute Gasteiger partial charge is 0.341 e. The third kappa shape index (κ3) is 6.85. The molecule has 10 heteroatoms. The van der Waals surface area contributed by atoms with Crippen LogP contribution in [0.5, 0.6) is 5.75 Å². The molecule has 0 radical (unpaired) electrons. The molecule has 0 spiro atoms. The Hall–Kier alpha value is -2.85. The molecule has 2 aromatic heterocycles. The lowest BCUT2D eigenvalue weighted by Crippen LogP contribution is -2.16. The Morgan fingerprint density at radius 1 is 1.11 bits per heavy atom. The first-order chi connectivity index (χ1) is 16.7. The highest BCUT2D eigenvalue weighted by Crippen LogP contribution is 2.30. The zero-order chi connectivity index (χ0) is 25.5. The number of nitrogens with zero attached hydrogens (tertiary/aromatic N) is 3. The number of hydrogen-bond acceptors (Lipinski definition) is 8. The highest BCUT2D eigenvalue weighted by atomic mass is 32.2. The molecule has 2 heterocycles. The van der Waals surface area contributed by atoms with E-state index in [0.717, 1.165) is 28.2 Å². The topological polar surface area (TPSA) is 95.3 Å². The molecule has 1 amide bonds. The second-order valence-electron chi connectivity index (χ2n) is 8.03. The van der Waals surface area contributed by atoms with Crippen LogP contribution in [0, 0.1) is 13.8 Å². The van der Waals surface area contributed by atoms with Crippen molar-refractivity contribution >= 4 is 40.0 Å². The van der Waals surface area contributed by atoms with Gasteiger partial charge in [0, 0.05) is 11.4 Å². The van der Waals surface area contributed by atoms with Crippen LogP contribution in [0.4, 0.5) is 5.00 Å². The first kappa shape index (κ1) is 26.7. The highest BCUT2D eigenvalue weighted by Gasteiger charge is 2.21. The summed E-state index contributed by atoms with van der Waals surface area (Å²) in [6.07, 6.45) is 0.462. The van der Waals surface area contributed by atoms with E-state index >= 15 is 0 Å². The predicted octanol–water partition coefficient (Wildman–Crippen LogP) is 5.59. The van der Waals surface area contributed by atoms with Crippen LogP contribution in [-0.2, 0) is 22.5 Å². The molecule has 35 heavy (non-hydrogen) atoms. The highest BCUT2D eigenvalue weighted by molar-refractivity contribution is 7.99. The lowest BCUT2D eigenvalue weighted by Gasteiger charge is -2.16. The molecule has 3 aromatic rings. The molecular formula is C25H32N4O4S2. The van der Waals surface area contributed by atoms with Crippen molar-refractivity contribution in [3.05, 3.63) is 51.7 Å². The average molecular weight is 517 g/mol. The van der Waals surface area contributed by atoms with Crippen molar-refractivity contribution in [2.45, 2.75) is 65.8 Å². The lowest BCUT2D eigenvalue weighted by molar-refractivity contribution is -0.113. The van der Waals surface area contributed by atoms with Crippen LogP contribution in [-0.4, -0.2) is 39.0 Å². The summed E-state index contributed by atoms with van der Waals surface area (Å²) < 4.78 is 13.2. The number of hydrogen-bond donors (Lipinski definition) is 1. The maximum atomic E-state index is 12.7. The Labute approximate surface area is 214 Å². The van der Waals surface area contributed by atoms with E-state index in [9.17, 15) is 9.59 Å². The minimum atomic E-state index is -0.431. The number of thioether (sulfide) groups is 1. The number of esters is 1. The van der Waals surface area contributed by atoms with Crippen LogP contribution in [0.2, 0.25) is 0 Å². The van der Waals surface area contributed by atoms with E-state index in [4.69, 9.17) is 9.47 Å². The summed E-state index contributed by atoms with van der Waals surface area (Å²) in [4.78, 5) is 26.0. The van der Waals surface area contributed by atoms with Gasteiger partial charge >= 0.3 is 5.97 Å².